The van der Waals surface area contributed by atoms with Crippen molar-refractivity contribution in [2.45, 2.75) is 48.0 Å². The van der Waals surface area contributed by atoms with Crippen molar-refractivity contribution in [3.8, 4) is 6.19 Å². The van der Waals surface area contributed by atoms with Gasteiger partial charge in [-0.05, 0) is 23.2 Å². The molecule has 0 saturated carbocycles. The molecule has 0 bridgehead atoms. The molecule has 3 nitrogen and oxygen atoms in total. The van der Waals surface area contributed by atoms with Crippen LogP contribution in [0, 0.1) is 34.1 Å². The predicted molar refractivity (Wildman–Crippen MR) is 67.8 cm³/mol. The topological polar surface area (TPSA) is 44.1 Å². The minimum Gasteiger partial charge on any atom is -0.273 e. The third kappa shape index (κ3) is 3.00. The summed E-state index contributed by atoms with van der Waals surface area (Å²) in [6.45, 7) is 13.4. The summed E-state index contributed by atoms with van der Waals surface area (Å²) in [6, 6.07) is 0. The van der Waals surface area contributed by atoms with Crippen LogP contribution < -0.4 is 0 Å². The van der Waals surface area contributed by atoms with Crippen LogP contribution in [-0.4, -0.2) is 17.4 Å². The maximum absolute atomic E-state index is 12.2. The molecular formula is C14H24N2O. The first kappa shape index (κ1) is 14.0. The van der Waals surface area contributed by atoms with E-state index in [9.17, 15) is 4.79 Å². The highest BCUT2D eigenvalue weighted by Crippen LogP contribution is 2.42. The third-order valence-electron chi connectivity index (χ3n) is 3.88. The lowest BCUT2D eigenvalue weighted by atomic mass is 9.67. The maximum Gasteiger partial charge on any atom is 0.239 e. The molecule has 2 unspecified atom stereocenters. The monoisotopic (exact) mass is 236 g/mol. The highest BCUT2D eigenvalue weighted by molar-refractivity contribution is 5.81. The smallest absolute Gasteiger partial charge is 0.239 e. The van der Waals surface area contributed by atoms with E-state index in [4.69, 9.17) is 5.26 Å². The van der Waals surface area contributed by atoms with Crippen molar-refractivity contribution in [3.63, 3.8) is 0 Å². The number of likely N-dealkylation sites (tertiary alicyclic amines) is 1. The van der Waals surface area contributed by atoms with Gasteiger partial charge in [-0.3, -0.25) is 4.79 Å². The van der Waals surface area contributed by atoms with Crippen LogP contribution in [-0.2, 0) is 4.79 Å². The number of hydrogen-bond acceptors (Lipinski definition) is 2. The molecule has 0 aromatic heterocycles. The van der Waals surface area contributed by atoms with Gasteiger partial charge in [0, 0.05) is 12.5 Å². The van der Waals surface area contributed by atoms with Gasteiger partial charge in [-0.1, -0.05) is 41.5 Å². The van der Waals surface area contributed by atoms with Crippen LogP contribution in [0.4, 0.5) is 0 Å². The van der Waals surface area contributed by atoms with Crippen molar-refractivity contribution < 1.29 is 4.79 Å². The molecule has 0 radical (unpaired) electrons. The van der Waals surface area contributed by atoms with Gasteiger partial charge in [0.2, 0.25) is 5.91 Å². The van der Waals surface area contributed by atoms with Crippen LogP contribution in [0.15, 0.2) is 0 Å². The molecular weight excluding hydrogens is 212 g/mol. The van der Waals surface area contributed by atoms with Crippen molar-refractivity contribution in [1.82, 2.24) is 4.90 Å². The lowest BCUT2D eigenvalue weighted by molar-refractivity contribution is -0.142. The summed E-state index contributed by atoms with van der Waals surface area (Å²) in [7, 11) is 0. The quantitative estimate of drug-likeness (QED) is 0.607. The van der Waals surface area contributed by atoms with Crippen molar-refractivity contribution in [2.24, 2.45) is 22.7 Å². The summed E-state index contributed by atoms with van der Waals surface area (Å²) in [5.74, 6) is 0.352. The zero-order valence-electron chi connectivity index (χ0n) is 11.9. The van der Waals surface area contributed by atoms with E-state index in [1.165, 1.54) is 4.90 Å². The third-order valence-corrected chi connectivity index (χ3v) is 3.88. The van der Waals surface area contributed by atoms with Crippen molar-refractivity contribution in [1.29, 1.82) is 5.26 Å². The number of rotatable bonds is 0. The van der Waals surface area contributed by atoms with E-state index in [2.05, 4.69) is 41.5 Å². The molecule has 1 saturated heterocycles. The Morgan fingerprint density at radius 1 is 1.18 bits per heavy atom. The summed E-state index contributed by atoms with van der Waals surface area (Å²) < 4.78 is 0. The first-order valence-corrected chi connectivity index (χ1v) is 6.28. The highest BCUT2D eigenvalue weighted by Gasteiger charge is 2.44. The number of piperidine rings is 1. The van der Waals surface area contributed by atoms with E-state index >= 15 is 0 Å². The van der Waals surface area contributed by atoms with E-state index in [-0.39, 0.29) is 22.7 Å². The zero-order chi connectivity index (χ0) is 13.4. The van der Waals surface area contributed by atoms with Gasteiger partial charge < -0.3 is 0 Å². The van der Waals surface area contributed by atoms with Gasteiger partial charge in [-0.25, -0.2) is 4.90 Å². The zero-order valence-corrected chi connectivity index (χ0v) is 11.9. The van der Waals surface area contributed by atoms with Gasteiger partial charge >= 0.3 is 0 Å². The average molecular weight is 236 g/mol. The number of nitriles is 1. The minimum absolute atomic E-state index is 0.000463. The maximum atomic E-state index is 12.2. The van der Waals surface area contributed by atoms with E-state index < -0.39 is 0 Å². The Hall–Kier alpha value is -1.04. The molecule has 3 heteroatoms. The molecule has 0 spiro atoms. The van der Waals surface area contributed by atoms with Crippen LogP contribution in [0.1, 0.15) is 48.0 Å². The Kier molecular flexibility index (Phi) is 3.57. The molecule has 0 aromatic rings. The molecule has 1 amide bonds. The van der Waals surface area contributed by atoms with Crippen molar-refractivity contribution in [2.75, 3.05) is 6.54 Å². The highest BCUT2D eigenvalue weighted by atomic mass is 16.2. The number of carbonyl (C=O) groups excluding carboxylic acids is 1. The first-order chi connectivity index (χ1) is 7.57. The van der Waals surface area contributed by atoms with Gasteiger partial charge in [0.05, 0.1) is 0 Å². The number of hydrogen-bond donors (Lipinski definition) is 0. The molecule has 1 aliphatic heterocycles. The van der Waals surface area contributed by atoms with Crippen molar-refractivity contribution in [3.05, 3.63) is 0 Å². The van der Waals surface area contributed by atoms with Gasteiger partial charge in [0.25, 0.3) is 0 Å². The number of amides is 1. The second-order valence-electron chi connectivity index (χ2n) is 7.27. The Morgan fingerprint density at radius 3 is 2.06 bits per heavy atom. The van der Waals surface area contributed by atoms with Crippen LogP contribution in [0.3, 0.4) is 0 Å². The molecule has 96 valence electrons. The summed E-state index contributed by atoms with van der Waals surface area (Å²) in [5, 5.41) is 9.08. The predicted octanol–water partition coefficient (Wildman–Crippen LogP) is 3.02. The summed E-state index contributed by atoms with van der Waals surface area (Å²) >= 11 is 0. The molecule has 1 aliphatic rings. The second kappa shape index (κ2) is 4.33. The van der Waals surface area contributed by atoms with Crippen LogP contribution in [0.5, 0.6) is 0 Å². The summed E-state index contributed by atoms with van der Waals surface area (Å²) in [6.07, 6.45) is 2.93. The SMILES string of the molecule is CC(C)(C)C1CC(C(C)(C)C)C(=O)N(C#N)C1. The summed E-state index contributed by atoms with van der Waals surface area (Å²) in [4.78, 5) is 13.5. The van der Waals surface area contributed by atoms with E-state index in [1.54, 1.807) is 0 Å². The second-order valence-corrected chi connectivity index (χ2v) is 7.27. The number of carbonyl (C=O) groups is 1. The van der Waals surface area contributed by atoms with Crippen LogP contribution >= 0.6 is 0 Å². The molecule has 1 fully saturated rings. The lowest BCUT2D eigenvalue weighted by Gasteiger charge is -2.44. The Morgan fingerprint density at radius 2 is 1.71 bits per heavy atom. The molecule has 0 aliphatic carbocycles. The van der Waals surface area contributed by atoms with Gasteiger partial charge in [0.15, 0.2) is 6.19 Å². The first-order valence-electron chi connectivity index (χ1n) is 6.28. The molecule has 2 atom stereocenters. The van der Waals surface area contributed by atoms with Crippen LogP contribution in [0.2, 0.25) is 0 Å². The van der Waals surface area contributed by atoms with E-state index in [1.807, 2.05) is 6.19 Å². The molecule has 17 heavy (non-hydrogen) atoms. The van der Waals surface area contributed by atoms with Gasteiger partial charge in [0.1, 0.15) is 0 Å². The van der Waals surface area contributed by atoms with Gasteiger partial charge in [-0.15, -0.1) is 0 Å². The average Bonchev–Trinajstić information content (AvgIpc) is 2.14. The molecule has 1 heterocycles. The van der Waals surface area contributed by atoms with E-state index in [0.29, 0.717) is 12.5 Å². The number of nitrogens with zero attached hydrogens (tertiary/aromatic N) is 2. The van der Waals surface area contributed by atoms with E-state index in [0.717, 1.165) is 6.42 Å². The normalized spacial score (nSPS) is 26.9. The van der Waals surface area contributed by atoms with Crippen molar-refractivity contribution >= 4 is 5.91 Å². The Bertz CT molecular complexity index is 341. The largest absolute Gasteiger partial charge is 0.273 e. The Balaban J connectivity index is 3.01. The standard InChI is InChI=1S/C14H24N2O/c1-13(2,3)10-7-11(14(4,5)6)12(17)16(8-10)9-15/h10-11H,7-8H2,1-6H3. The van der Waals surface area contributed by atoms with Gasteiger partial charge in [-0.2, -0.15) is 5.26 Å². The molecule has 0 aromatic carbocycles. The fourth-order valence-electron chi connectivity index (χ4n) is 2.40. The minimum atomic E-state index is -0.0733. The fourth-order valence-corrected chi connectivity index (χ4v) is 2.40. The molecule has 1 rings (SSSR count). The molecule has 0 N–H and O–H groups in total. The Labute approximate surface area is 105 Å². The lowest BCUT2D eigenvalue weighted by Crippen LogP contribution is -2.49. The fraction of sp³-hybridized carbons (Fsp3) is 0.857. The van der Waals surface area contributed by atoms with Crippen LogP contribution in [0.25, 0.3) is 0 Å². The summed E-state index contributed by atoms with van der Waals surface area (Å²) in [5.41, 5.74) is 0.0649.